The summed E-state index contributed by atoms with van der Waals surface area (Å²) in [6.07, 6.45) is 3.64. The average molecular weight is 366 g/mol. The second-order valence-electron chi connectivity index (χ2n) is 7.48. The van der Waals surface area contributed by atoms with Crippen LogP contribution >= 0.6 is 0 Å². The molecule has 0 aromatic carbocycles. The first-order valence-electron chi connectivity index (χ1n) is 9.43. The Labute approximate surface area is 156 Å². The molecule has 1 saturated heterocycles. The first-order valence-corrected chi connectivity index (χ1v) is 9.43. The molecule has 0 amide bonds. The lowest BCUT2D eigenvalue weighted by Gasteiger charge is -2.40. The van der Waals surface area contributed by atoms with Gasteiger partial charge in [0.05, 0.1) is 0 Å². The third-order valence-electron chi connectivity index (χ3n) is 5.56. The fraction of sp³-hybridized carbons (Fsp3) is 0.500. The van der Waals surface area contributed by atoms with E-state index >= 15 is 0 Å². The quantitative estimate of drug-likeness (QED) is 0.721. The van der Waals surface area contributed by atoms with Gasteiger partial charge in [-0.25, -0.2) is 4.68 Å². The topological polar surface area (TPSA) is 93.2 Å². The Bertz CT molecular complexity index is 1030. The van der Waals surface area contributed by atoms with Gasteiger partial charge in [0.15, 0.2) is 11.5 Å². The maximum absolute atomic E-state index is 11.4. The van der Waals surface area contributed by atoms with Gasteiger partial charge in [0.1, 0.15) is 11.6 Å². The van der Waals surface area contributed by atoms with Gasteiger partial charge in [-0.05, 0) is 31.0 Å². The number of nitrogens with one attached hydrogen (secondary N) is 1. The summed E-state index contributed by atoms with van der Waals surface area (Å²) in [4.78, 5) is 13.7. The Morgan fingerprint density at radius 2 is 1.96 bits per heavy atom. The number of nitrogens with zero attached hydrogens (tertiary/aromatic N) is 7. The lowest BCUT2D eigenvalue weighted by atomic mass is 9.85. The second kappa shape index (κ2) is 6.33. The normalized spacial score (nSPS) is 17.7. The summed E-state index contributed by atoms with van der Waals surface area (Å²) in [5, 5.41) is 20.9. The SMILES string of the molecule is Cn1nc(NCC2CN(c3ccc4nnc(C5CCC5)n4n3)C2)ccc1=O. The van der Waals surface area contributed by atoms with Crippen LogP contribution in [0, 0.1) is 5.92 Å². The van der Waals surface area contributed by atoms with Crippen molar-refractivity contribution in [2.24, 2.45) is 13.0 Å². The maximum atomic E-state index is 11.4. The molecule has 140 valence electrons. The number of hydrogen-bond donors (Lipinski definition) is 1. The van der Waals surface area contributed by atoms with Crippen LogP contribution in [0.1, 0.15) is 31.0 Å². The van der Waals surface area contributed by atoms with Crippen molar-refractivity contribution in [3.63, 3.8) is 0 Å². The zero-order valence-electron chi connectivity index (χ0n) is 15.2. The van der Waals surface area contributed by atoms with E-state index in [1.54, 1.807) is 13.1 Å². The molecule has 1 N–H and O–H groups in total. The summed E-state index contributed by atoms with van der Waals surface area (Å²) in [6.45, 7) is 2.71. The molecule has 9 nitrogen and oxygen atoms in total. The van der Waals surface area contributed by atoms with Crippen molar-refractivity contribution < 1.29 is 0 Å². The molecular weight excluding hydrogens is 344 g/mol. The van der Waals surface area contributed by atoms with E-state index in [9.17, 15) is 4.79 Å². The minimum absolute atomic E-state index is 0.105. The molecule has 27 heavy (non-hydrogen) atoms. The molecule has 9 heteroatoms. The van der Waals surface area contributed by atoms with E-state index in [2.05, 4.69) is 25.5 Å². The van der Waals surface area contributed by atoms with Crippen LogP contribution in [0.2, 0.25) is 0 Å². The number of hydrogen-bond acceptors (Lipinski definition) is 7. The number of fused-ring (bicyclic) bond motifs is 1. The Morgan fingerprint density at radius 1 is 1.11 bits per heavy atom. The van der Waals surface area contributed by atoms with Gasteiger partial charge < -0.3 is 10.2 Å². The van der Waals surface area contributed by atoms with Crippen LogP contribution in [-0.2, 0) is 7.05 Å². The minimum Gasteiger partial charge on any atom is -0.368 e. The molecule has 0 spiro atoms. The van der Waals surface area contributed by atoms with Crippen molar-refractivity contribution in [3.05, 3.63) is 40.4 Å². The van der Waals surface area contributed by atoms with E-state index in [1.807, 2.05) is 16.6 Å². The zero-order valence-corrected chi connectivity index (χ0v) is 15.2. The largest absolute Gasteiger partial charge is 0.368 e. The van der Waals surface area contributed by atoms with Crippen molar-refractivity contribution >= 4 is 17.3 Å². The van der Waals surface area contributed by atoms with Gasteiger partial charge in [-0.15, -0.1) is 15.3 Å². The molecule has 0 atom stereocenters. The van der Waals surface area contributed by atoms with Gasteiger partial charge in [0.2, 0.25) is 0 Å². The molecule has 3 aromatic rings. The highest BCUT2D eigenvalue weighted by atomic mass is 16.1. The van der Waals surface area contributed by atoms with E-state index in [0.717, 1.165) is 42.7 Å². The first kappa shape index (κ1) is 16.2. The summed E-state index contributed by atoms with van der Waals surface area (Å²) in [5.74, 6) is 3.72. The van der Waals surface area contributed by atoms with E-state index in [0.29, 0.717) is 11.8 Å². The molecule has 3 aromatic heterocycles. The molecule has 0 radical (unpaired) electrons. The van der Waals surface area contributed by atoms with Crippen molar-refractivity contribution in [3.8, 4) is 0 Å². The number of aryl methyl sites for hydroxylation is 1. The fourth-order valence-corrected chi connectivity index (χ4v) is 3.62. The number of anilines is 2. The minimum atomic E-state index is -0.105. The van der Waals surface area contributed by atoms with Gasteiger partial charge in [-0.3, -0.25) is 4.79 Å². The molecule has 2 aliphatic rings. The molecule has 1 aliphatic carbocycles. The first-order chi connectivity index (χ1) is 13.2. The molecule has 0 bridgehead atoms. The number of rotatable bonds is 5. The summed E-state index contributed by atoms with van der Waals surface area (Å²) in [6, 6.07) is 7.27. The molecule has 0 unspecified atom stereocenters. The van der Waals surface area contributed by atoms with Crippen LogP contribution in [0.3, 0.4) is 0 Å². The standard InChI is InChI=1S/C18H22N8O/c1-24-17(27)8-5-14(22-24)19-9-12-10-25(11-12)16-7-6-15-20-21-18(26(15)23-16)13-3-2-4-13/h5-8,12-13H,2-4,9-11H2,1H3,(H,19,22). The lowest BCUT2D eigenvalue weighted by Crippen LogP contribution is -2.50. The van der Waals surface area contributed by atoms with Crippen molar-refractivity contribution in [2.75, 3.05) is 29.9 Å². The predicted octanol–water partition coefficient (Wildman–Crippen LogP) is 1.03. The third-order valence-corrected chi connectivity index (χ3v) is 5.56. The van der Waals surface area contributed by atoms with Gasteiger partial charge in [-0.2, -0.15) is 9.61 Å². The Hall–Kier alpha value is -2.97. The zero-order chi connectivity index (χ0) is 18.4. The van der Waals surface area contributed by atoms with E-state index in [-0.39, 0.29) is 5.56 Å². The van der Waals surface area contributed by atoms with Gasteiger partial charge in [0, 0.05) is 44.6 Å². The molecule has 1 saturated carbocycles. The van der Waals surface area contributed by atoms with Gasteiger partial charge in [0.25, 0.3) is 5.56 Å². The summed E-state index contributed by atoms with van der Waals surface area (Å²) < 4.78 is 3.26. The Morgan fingerprint density at radius 3 is 2.70 bits per heavy atom. The highest BCUT2D eigenvalue weighted by Gasteiger charge is 2.29. The maximum Gasteiger partial charge on any atom is 0.266 e. The van der Waals surface area contributed by atoms with Crippen molar-refractivity contribution in [1.82, 2.24) is 29.6 Å². The van der Waals surface area contributed by atoms with Crippen molar-refractivity contribution in [1.29, 1.82) is 0 Å². The van der Waals surface area contributed by atoms with E-state index in [1.165, 1.54) is 30.0 Å². The van der Waals surface area contributed by atoms with Crippen LogP contribution in [0.5, 0.6) is 0 Å². The van der Waals surface area contributed by atoms with Crippen LogP contribution in [0.15, 0.2) is 29.1 Å². The lowest BCUT2D eigenvalue weighted by molar-refractivity contribution is 0.393. The average Bonchev–Trinajstić information content (AvgIpc) is 2.98. The molecule has 4 heterocycles. The van der Waals surface area contributed by atoms with Gasteiger partial charge >= 0.3 is 0 Å². The highest BCUT2D eigenvalue weighted by molar-refractivity contribution is 5.48. The third kappa shape index (κ3) is 2.92. The van der Waals surface area contributed by atoms with E-state index < -0.39 is 0 Å². The number of aromatic nitrogens is 6. The smallest absolute Gasteiger partial charge is 0.266 e. The Kier molecular flexibility index (Phi) is 3.80. The Balaban J connectivity index is 1.22. The summed E-state index contributed by atoms with van der Waals surface area (Å²) >= 11 is 0. The van der Waals surface area contributed by atoms with Crippen molar-refractivity contribution in [2.45, 2.75) is 25.2 Å². The molecular formula is C18H22N8O. The fourth-order valence-electron chi connectivity index (χ4n) is 3.62. The monoisotopic (exact) mass is 366 g/mol. The van der Waals surface area contributed by atoms with E-state index in [4.69, 9.17) is 5.10 Å². The second-order valence-corrected chi connectivity index (χ2v) is 7.48. The predicted molar refractivity (Wildman–Crippen MR) is 101 cm³/mol. The summed E-state index contributed by atoms with van der Waals surface area (Å²) in [7, 11) is 1.66. The highest BCUT2D eigenvalue weighted by Crippen LogP contribution is 2.35. The van der Waals surface area contributed by atoms with Crippen LogP contribution in [0.4, 0.5) is 11.6 Å². The molecule has 5 rings (SSSR count). The van der Waals surface area contributed by atoms with Gasteiger partial charge in [-0.1, -0.05) is 6.42 Å². The van der Waals surface area contributed by atoms with Crippen LogP contribution < -0.4 is 15.8 Å². The van der Waals surface area contributed by atoms with Crippen LogP contribution in [-0.4, -0.2) is 49.2 Å². The molecule has 2 fully saturated rings. The molecule has 1 aliphatic heterocycles. The van der Waals surface area contributed by atoms with Crippen LogP contribution in [0.25, 0.3) is 5.65 Å². The summed E-state index contributed by atoms with van der Waals surface area (Å²) in [5.41, 5.74) is 0.715.